The van der Waals surface area contributed by atoms with Crippen molar-refractivity contribution in [3.8, 4) is 28.6 Å². The predicted octanol–water partition coefficient (Wildman–Crippen LogP) is 8.53. The molecule has 3 aromatic carbocycles. The lowest BCUT2D eigenvalue weighted by Gasteiger charge is -2.20. The fourth-order valence-electron chi connectivity index (χ4n) is 4.92. The average molecular weight is 598 g/mol. The Bertz CT molecular complexity index is 1710. The second-order valence-electron chi connectivity index (χ2n) is 9.45. The van der Waals surface area contributed by atoms with Crippen molar-refractivity contribution in [3.05, 3.63) is 98.2 Å². The number of aromatic nitrogens is 2. The number of hydrogen-bond acceptors (Lipinski definition) is 4. The highest BCUT2D eigenvalue weighted by atomic mass is 35.5. The number of benzene rings is 4. The van der Waals surface area contributed by atoms with Gasteiger partial charge in [0.15, 0.2) is 5.75 Å². The Morgan fingerprint density at radius 3 is 2.31 bits per heavy atom. The van der Waals surface area contributed by atoms with Crippen molar-refractivity contribution in [3.63, 3.8) is 0 Å². The van der Waals surface area contributed by atoms with Crippen LogP contribution in [-0.4, -0.2) is 40.6 Å². The van der Waals surface area contributed by atoms with Crippen LogP contribution in [0.2, 0.25) is 20.1 Å². The molecule has 1 aliphatic carbocycles. The zero-order chi connectivity index (χ0) is 26.9. The quantitative estimate of drug-likeness (QED) is 0.184. The fourth-order valence-corrected chi connectivity index (χ4v) is 5.50. The second kappa shape index (κ2) is 11.4. The molecule has 0 atom stereocenters. The summed E-state index contributed by atoms with van der Waals surface area (Å²) < 4.78 is 8.46. The largest absolute Gasteiger partial charge is 0.455 e. The Morgan fingerprint density at radius 1 is 0.795 bits per heavy atom. The van der Waals surface area contributed by atoms with E-state index >= 15 is 0 Å². The summed E-state index contributed by atoms with van der Waals surface area (Å²) in [6, 6.07) is 22.7. The third-order valence-corrected chi connectivity index (χ3v) is 8.32. The van der Waals surface area contributed by atoms with Crippen molar-refractivity contribution < 1.29 is 4.74 Å². The van der Waals surface area contributed by atoms with Crippen LogP contribution in [0.25, 0.3) is 28.1 Å². The Kier molecular flexibility index (Phi) is 7.70. The average Bonchev–Trinajstić information content (AvgIpc) is 3.45. The lowest BCUT2D eigenvalue weighted by atomic mass is 10.1. The van der Waals surface area contributed by atoms with Crippen molar-refractivity contribution >= 4 is 57.4 Å². The van der Waals surface area contributed by atoms with Crippen LogP contribution >= 0.6 is 46.4 Å². The summed E-state index contributed by atoms with van der Waals surface area (Å²) in [7, 11) is 0. The molecule has 6 rings (SSSR count). The number of hydrogen-bond donors (Lipinski definition) is 0. The van der Waals surface area contributed by atoms with Crippen LogP contribution in [0.5, 0.6) is 11.5 Å². The number of rotatable bonds is 6. The van der Waals surface area contributed by atoms with E-state index in [1.165, 1.54) is 12.8 Å². The van der Waals surface area contributed by atoms with Gasteiger partial charge in [-0.15, -0.1) is 0 Å². The molecule has 0 saturated carbocycles. The SMILES string of the molecule is Clc1ccc(Oc2cc3nc4ccccc4n(-c4ccc(Cl)c(Cl)c4)c-3cc2=NCCN2CCCC2)cc1Cl. The number of ether oxygens (including phenoxy) is 1. The van der Waals surface area contributed by atoms with Crippen LogP contribution in [-0.2, 0) is 0 Å². The molecular weight excluding hydrogens is 574 g/mol. The van der Waals surface area contributed by atoms with Crippen molar-refractivity contribution in [2.75, 3.05) is 26.2 Å². The summed E-state index contributed by atoms with van der Waals surface area (Å²) in [5, 5.41) is 2.58. The molecule has 2 aliphatic heterocycles. The summed E-state index contributed by atoms with van der Waals surface area (Å²) in [6.45, 7) is 3.78. The van der Waals surface area contributed by atoms with Gasteiger partial charge in [0.2, 0.25) is 0 Å². The van der Waals surface area contributed by atoms with Gasteiger partial charge < -0.3 is 14.2 Å². The van der Waals surface area contributed by atoms with Crippen LogP contribution in [0.1, 0.15) is 12.8 Å². The second-order valence-corrected chi connectivity index (χ2v) is 11.1. The molecule has 198 valence electrons. The maximum Gasteiger partial charge on any atom is 0.154 e. The van der Waals surface area contributed by atoms with Gasteiger partial charge in [-0.2, -0.15) is 0 Å². The van der Waals surface area contributed by atoms with E-state index < -0.39 is 0 Å². The predicted molar refractivity (Wildman–Crippen MR) is 160 cm³/mol. The maximum absolute atomic E-state index is 6.44. The Morgan fingerprint density at radius 2 is 1.54 bits per heavy atom. The number of nitrogens with zero attached hydrogens (tertiary/aromatic N) is 4. The summed E-state index contributed by atoms with van der Waals surface area (Å²) in [5.41, 5.74) is 4.25. The minimum atomic E-state index is 0.420. The van der Waals surface area contributed by atoms with Gasteiger partial charge in [0, 0.05) is 24.4 Å². The van der Waals surface area contributed by atoms with Crippen molar-refractivity contribution in [1.82, 2.24) is 14.5 Å². The molecule has 0 amide bonds. The molecule has 0 spiro atoms. The van der Waals surface area contributed by atoms with E-state index in [0.717, 1.165) is 53.1 Å². The fraction of sp³-hybridized carbons (Fsp3) is 0.200. The molecule has 1 fully saturated rings. The van der Waals surface area contributed by atoms with Crippen molar-refractivity contribution in [2.45, 2.75) is 12.8 Å². The molecule has 0 aromatic heterocycles. The molecule has 0 unspecified atom stereocenters. The lowest BCUT2D eigenvalue weighted by molar-refractivity contribution is 0.348. The molecule has 0 bridgehead atoms. The first kappa shape index (κ1) is 26.4. The highest BCUT2D eigenvalue weighted by Gasteiger charge is 2.18. The minimum absolute atomic E-state index is 0.420. The normalized spacial score (nSPS) is 14.5. The van der Waals surface area contributed by atoms with Crippen LogP contribution in [0.15, 0.2) is 77.8 Å². The first-order chi connectivity index (χ1) is 19.0. The zero-order valence-electron chi connectivity index (χ0n) is 20.9. The van der Waals surface area contributed by atoms with E-state index in [2.05, 4.69) is 9.47 Å². The van der Waals surface area contributed by atoms with Gasteiger partial charge in [-0.3, -0.25) is 4.99 Å². The molecule has 2 heterocycles. The Hall–Kier alpha value is -2.80. The molecule has 3 aromatic rings. The highest BCUT2D eigenvalue weighted by Crippen LogP contribution is 2.34. The van der Waals surface area contributed by atoms with Crippen molar-refractivity contribution in [2.24, 2.45) is 4.99 Å². The molecule has 0 radical (unpaired) electrons. The molecule has 1 saturated heterocycles. The Labute approximate surface area is 246 Å². The lowest BCUT2D eigenvalue weighted by Crippen LogP contribution is -2.23. The van der Waals surface area contributed by atoms with E-state index in [1.54, 1.807) is 24.3 Å². The monoisotopic (exact) mass is 596 g/mol. The maximum atomic E-state index is 6.44. The summed E-state index contributed by atoms with van der Waals surface area (Å²) in [5.74, 6) is 1.16. The summed E-state index contributed by atoms with van der Waals surface area (Å²) in [4.78, 5) is 12.4. The van der Waals surface area contributed by atoms with Gasteiger partial charge in [-0.05, 0) is 74.5 Å². The van der Waals surface area contributed by atoms with Gasteiger partial charge in [0.05, 0.1) is 49.1 Å². The first-order valence-corrected chi connectivity index (χ1v) is 14.2. The van der Waals surface area contributed by atoms with E-state index in [9.17, 15) is 0 Å². The van der Waals surface area contributed by atoms with Crippen LogP contribution < -0.4 is 10.1 Å². The van der Waals surface area contributed by atoms with Crippen LogP contribution in [0, 0.1) is 0 Å². The number of para-hydroxylation sites is 2. The molecule has 3 aliphatic rings. The summed E-state index contributed by atoms with van der Waals surface area (Å²) in [6.07, 6.45) is 2.48. The standard InChI is InChI=1S/C30H24Cl4N4O/c31-21-9-7-19(15-23(21)33)38-28-6-2-1-5-25(28)36-26-18-30(39-20-8-10-22(32)24(34)16-20)27(17-29(26)38)35-11-14-37-12-3-4-13-37/h1-2,5-10,15-18H,3-4,11-14H2. The van der Waals surface area contributed by atoms with E-state index in [-0.39, 0.29) is 0 Å². The smallest absolute Gasteiger partial charge is 0.154 e. The minimum Gasteiger partial charge on any atom is -0.455 e. The van der Waals surface area contributed by atoms with Gasteiger partial charge >= 0.3 is 0 Å². The number of likely N-dealkylation sites (tertiary alicyclic amines) is 1. The highest BCUT2D eigenvalue weighted by molar-refractivity contribution is 6.42. The Balaban J connectivity index is 1.55. The number of fused-ring (bicyclic) bond motifs is 2. The molecule has 0 N–H and O–H groups in total. The third kappa shape index (κ3) is 5.60. The summed E-state index contributed by atoms with van der Waals surface area (Å²) >= 11 is 25.1. The third-order valence-electron chi connectivity index (χ3n) is 6.84. The molecule has 39 heavy (non-hydrogen) atoms. The van der Waals surface area contributed by atoms with E-state index in [0.29, 0.717) is 38.1 Å². The number of halogens is 4. The topological polar surface area (TPSA) is 42.6 Å². The van der Waals surface area contributed by atoms with Crippen LogP contribution in [0.4, 0.5) is 0 Å². The molecule has 9 heteroatoms. The molecular formula is C30H24Cl4N4O. The van der Waals surface area contributed by atoms with E-state index in [1.807, 2.05) is 48.5 Å². The zero-order valence-corrected chi connectivity index (χ0v) is 23.9. The van der Waals surface area contributed by atoms with Gasteiger partial charge in [-0.25, -0.2) is 4.98 Å². The van der Waals surface area contributed by atoms with Gasteiger partial charge in [0.1, 0.15) is 11.1 Å². The molecule has 5 nitrogen and oxygen atoms in total. The first-order valence-electron chi connectivity index (χ1n) is 12.7. The van der Waals surface area contributed by atoms with Gasteiger partial charge in [0.25, 0.3) is 0 Å². The van der Waals surface area contributed by atoms with Gasteiger partial charge in [-0.1, -0.05) is 58.5 Å². The van der Waals surface area contributed by atoms with Crippen LogP contribution in [0.3, 0.4) is 0 Å². The van der Waals surface area contributed by atoms with Crippen molar-refractivity contribution in [1.29, 1.82) is 0 Å². The van der Waals surface area contributed by atoms with E-state index in [4.69, 9.17) is 61.1 Å².